The van der Waals surface area contributed by atoms with E-state index in [0.29, 0.717) is 30.3 Å². The van der Waals surface area contributed by atoms with Crippen molar-refractivity contribution in [2.24, 2.45) is 0 Å². The molecule has 1 aliphatic heterocycles. The van der Waals surface area contributed by atoms with Gasteiger partial charge in [0.15, 0.2) is 0 Å². The van der Waals surface area contributed by atoms with Crippen molar-refractivity contribution in [3.8, 4) is 5.75 Å². The largest absolute Gasteiger partial charge is 0.486 e. The average molecular weight is 633 g/mol. The monoisotopic (exact) mass is 632 g/mol. The minimum absolute atomic E-state index is 0.0255. The number of anilines is 2. The molecule has 1 amide bonds. The van der Waals surface area contributed by atoms with Crippen LogP contribution >= 0.6 is 0 Å². The Morgan fingerprint density at radius 2 is 1.68 bits per heavy atom. The van der Waals surface area contributed by atoms with Crippen molar-refractivity contribution in [3.05, 3.63) is 48.0 Å². The number of alkyl halides is 6. The molecule has 228 valence electrons. The summed E-state index contributed by atoms with van der Waals surface area (Å²) >= 11 is 0. The molecule has 41 heavy (non-hydrogen) atoms. The number of fused-ring (bicyclic) bond motifs is 1. The first-order valence-corrected chi connectivity index (χ1v) is 15.2. The van der Waals surface area contributed by atoms with Crippen LogP contribution in [0.1, 0.15) is 32.8 Å². The number of amides is 1. The highest BCUT2D eigenvalue weighted by molar-refractivity contribution is 7.93. The second-order valence-corrected chi connectivity index (χ2v) is 14.0. The number of ether oxygens (including phenoxy) is 1. The number of carbonyl (C=O) groups is 1. The van der Waals surface area contributed by atoms with Gasteiger partial charge in [0.1, 0.15) is 27.2 Å². The molecule has 0 saturated heterocycles. The van der Waals surface area contributed by atoms with Gasteiger partial charge >= 0.3 is 18.4 Å². The van der Waals surface area contributed by atoms with Crippen LogP contribution in [0.2, 0.25) is 0 Å². The fraction of sp³-hybridized carbons (Fsp3) is 0.458. The predicted octanol–water partition coefficient (Wildman–Crippen LogP) is 5.31. The highest BCUT2D eigenvalue weighted by atomic mass is 32.2. The summed E-state index contributed by atoms with van der Waals surface area (Å²) < 4.78 is 139. The molecule has 0 radical (unpaired) electrons. The van der Waals surface area contributed by atoms with Crippen LogP contribution in [0.5, 0.6) is 5.75 Å². The molecule has 2 aromatic carbocycles. The second kappa shape index (κ2) is 10.9. The van der Waals surface area contributed by atoms with Crippen molar-refractivity contribution in [2.75, 3.05) is 27.3 Å². The first kappa shape index (κ1) is 32.3. The zero-order valence-corrected chi connectivity index (χ0v) is 23.5. The van der Waals surface area contributed by atoms with Gasteiger partial charge in [-0.25, -0.2) is 21.6 Å². The lowest BCUT2D eigenvalue weighted by atomic mass is 10.0. The van der Waals surface area contributed by atoms with Gasteiger partial charge in [0.05, 0.1) is 34.1 Å². The van der Waals surface area contributed by atoms with Crippen LogP contribution in [0.4, 0.5) is 42.5 Å². The van der Waals surface area contributed by atoms with Crippen LogP contribution in [0.3, 0.4) is 0 Å². The van der Waals surface area contributed by atoms with E-state index in [1.54, 1.807) is 0 Å². The lowest BCUT2D eigenvalue weighted by molar-refractivity contribution is -0.175. The molecule has 0 unspecified atom stereocenters. The molecule has 0 aromatic heterocycles. The molecule has 2 aromatic rings. The van der Waals surface area contributed by atoms with Crippen LogP contribution in [0.25, 0.3) is 0 Å². The van der Waals surface area contributed by atoms with E-state index in [2.05, 4.69) is 0 Å². The zero-order valence-electron chi connectivity index (χ0n) is 21.8. The van der Waals surface area contributed by atoms with Gasteiger partial charge in [0.2, 0.25) is 0 Å². The Morgan fingerprint density at radius 1 is 1.05 bits per heavy atom. The van der Waals surface area contributed by atoms with Crippen LogP contribution in [0, 0.1) is 0 Å². The number of hydrogen-bond donors (Lipinski definition) is 1. The topological polar surface area (TPSA) is 121 Å². The maximum atomic E-state index is 13.8. The van der Waals surface area contributed by atoms with Crippen molar-refractivity contribution in [3.63, 3.8) is 0 Å². The Hall–Kier alpha value is -3.21. The molecule has 1 N–H and O–H groups in total. The quantitative estimate of drug-likeness (QED) is 0.392. The Kier molecular flexibility index (Phi) is 8.58. The molecular formula is C24H26F6N2O7S2. The van der Waals surface area contributed by atoms with Gasteiger partial charge in [-0.3, -0.25) is 9.21 Å². The van der Waals surface area contributed by atoms with E-state index < -0.39 is 84.1 Å². The maximum Gasteiger partial charge on any atom is 0.416 e. The van der Waals surface area contributed by atoms with Gasteiger partial charge in [-0.05, 0) is 56.7 Å². The Bertz CT molecular complexity index is 1520. The highest BCUT2D eigenvalue weighted by Crippen LogP contribution is 2.44. The van der Waals surface area contributed by atoms with Gasteiger partial charge in [-0.2, -0.15) is 26.3 Å². The number of sulfonamides is 1. The molecular weight excluding hydrogens is 606 g/mol. The number of benzene rings is 2. The van der Waals surface area contributed by atoms with Crippen molar-refractivity contribution < 1.29 is 57.8 Å². The van der Waals surface area contributed by atoms with E-state index >= 15 is 0 Å². The average Bonchev–Trinajstić information content (AvgIpc) is 2.85. The van der Waals surface area contributed by atoms with Crippen LogP contribution < -0.4 is 13.9 Å². The van der Waals surface area contributed by atoms with Crippen molar-refractivity contribution >= 4 is 37.3 Å². The number of sulfone groups is 1. The first-order valence-electron chi connectivity index (χ1n) is 11.9. The fourth-order valence-corrected chi connectivity index (χ4v) is 6.49. The summed E-state index contributed by atoms with van der Waals surface area (Å²) in [5, 5.41) is 9.65. The van der Waals surface area contributed by atoms with E-state index in [1.165, 1.54) is 6.92 Å². The number of halogens is 6. The molecule has 0 aliphatic carbocycles. The molecule has 0 fully saturated rings. The highest BCUT2D eigenvalue weighted by Gasteiger charge is 2.54. The number of rotatable bonds is 8. The summed E-state index contributed by atoms with van der Waals surface area (Å²) in [4.78, 5) is 11.1. The molecule has 0 spiro atoms. The first-order chi connectivity index (χ1) is 18.6. The van der Waals surface area contributed by atoms with Gasteiger partial charge < -0.3 is 9.84 Å². The number of nitrogens with zero attached hydrogens (tertiary/aromatic N) is 2. The normalized spacial score (nSPS) is 16.6. The van der Waals surface area contributed by atoms with Crippen molar-refractivity contribution in [1.29, 1.82) is 0 Å². The van der Waals surface area contributed by atoms with E-state index in [1.807, 2.05) is 0 Å². The third kappa shape index (κ3) is 6.66. The molecule has 3 rings (SSSR count). The lowest BCUT2D eigenvalue weighted by Crippen LogP contribution is -2.57. The summed E-state index contributed by atoms with van der Waals surface area (Å²) in [7, 11) is -8.39. The van der Waals surface area contributed by atoms with Gasteiger partial charge in [-0.15, -0.1) is 0 Å². The molecule has 17 heteroatoms. The summed E-state index contributed by atoms with van der Waals surface area (Å²) in [6.07, 6.45) is -13.3. The van der Waals surface area contributed by atoms with Crippen LogP contribution in [0.15, 0.2) is 47.4 Å². The van der Waals surface area contributed by atoms with Crippen LogP contribution in [-0.4, -0.2) is 63.9 Å². The molecule has 1 heterocycles. The molecule has 0 bridgehead atoms. The fourth-order valence-electron chi connectivity index (χ4n) is 4.03. The summed E-state index contributed by atoms with van der Waals surface area (Å²) in [6.45, 7) is 1.97. The van der Waals surface area contributed by atoms with E-state index in [-0.39, 0.29) is 22.8 Å². The molecule has 1 atom stereocenters. The lowest BCUT2D eigenvalue weighted by Gasteiger charge is -2.39. The Morgan fingerprint density at radius 3 is 2.22 bits per heavy atom. The molecule has 1 aliphatic rings. The minimum atomic E-state index is -5.06. The van der Waals surface area contributed by atoms with E-state index in [0.717, 1.165) is 30.3 Å². The predicted molar refractivity (Wildman–Crippen MR) is 136 cm³/mol. The summed E-state index contributed by atoms with van der Waals surface area (Å²) in [5.41, 5.74) is -5.31. The molecule has 0 saturated carbocycles. The third-order valence-electron chi connectivity index (χ3n) is 6.52. The Labute approximate surface area is 232 Å². The van der Waals surface area contributed by atoms with Crippen molar-refractivity contribution in [1.82, 2.24) is 0 Å². The number of hydrogen-bond acceptors (Lipinski definition) is 6. The van der Waals surface area contributed by atoms with E-state index in [9.17, 15) is 53.1 Å². The summed E-state index contributed by atoms with van der Waals surface area (Å²) in [5.74, 6) is -0.887. The van der Waals surface area contributed by atoms with Crippen LogP contribution in [-0.2, 0) is 26.0 Å². The zero-order chi connectivity index (χ0) is 31.2. The smallest absolute Gasteiger partial charge is 0.416 e. The third-order valence-corrected chi connectivity index (χ3v) is 10.0. The SMILES string of the molecule is CCS(=O)(=O)CC[C@H]1CN(S(=O)(=O)c2cccc(C(F)(F)F)c2)c2cc(N(C(=O)O)C(C)(C)C(F)(F)F)ccc2O1. The molecule has 9 nitrogen and oxygen atoms in total. The number of carboxylic acid groups (broad SMARTS) is 1. The van der Waals surface area contributed by atoms with Gasteiger partial charge in [0, 0.05) is 5.75 Å². The standard InChI is InChI=1S/C24H26F6N2O7S2/c1-4-40(35,36)11-10-17-14-31(41(37,38)18-7-5-6-15(12-18)23(25,26)27)19-13-16(8-9-20(19)39-17)32(21(33)34)22(2,3)24(28,29)30/h5-9,12-13,17H,4,10-11,14H2,1-3H3,(H,33,34)/t17-/m0/s1. The Balaban J connectivity index is 2.19. The summed E-state index contributed by atoms with van der Waals surface area (Å²) in [6, 6.07) is 5.53. The van der Waals surface area contributed by atoms with E-state index in [4.69, 9.17) is 4.74 Å². The van der Waals surface area contributed by atoms with Gasteiger partial charge in [-0.1, -0.05) is 13.0 Å². The maximum absolute atomic E-state index is 13.8. The second-order valence-electron chi connectivity index (χ2n) is 9.65. The van der Waals surface area contributed by atoms with Gasteiger partial charge in [0.25, 0.3) is 10.0 Å². The minimum Gasteiger partial charge on any atom is -0.486 e. The van der Waals surface area contributed by atoms with Crippen molar-refractivity contribution in [2.45, 2.75) is 56.1 Å².